The van der Waals surface area contributed by atoms with Crippen molar-refractivity contribution in [2.24, 2.45) is 0 Å². The van der Waals surface area contributed by atoms with Crippen molar-refractivity contribution in [1.29, 1.82) is 0 Å². The average Bonchev–Trinajstić information content (AvgIpc) is 1.32. The minimum atomic E-state index is -0.738. The molecule has 0 radical (unpaired) electrons. The monoisotopic (exact) mass is 1610 g/mol. The number of hydrogen-bond acceptors (Lipinski definition) is 4. The van der Waals surface area contributed by atoms with Crippen molar-refractivity contribution >= 4 is 64.6 Å². The van der Waals surface area contributed by atoms with Gasteiger partial charge >= 0.3 is 0 Å². The summed E-state index contributed by atoms with van der Waals surface area (Å²) >= 11 is 0. The summed E-state index contributed by atoms with van der Waals surface area (Å²) in [6.07, 6.45) is 3.19. The van der Waals surface area contributed by atoms with Gasteiger partial charge in [0.15, 0.2) is 0 Å². The second kappa shape index (κ2) is 26.9. The van der Waals surface area contributed by atoms with E-state index in [1.165, 1.54) is 165 Å². The number of aliphatic hydroxyl groups is 4. The topological polar surface area (TPSA) is 80.9 Å². The van der Waals surface area contributed by atoms with Crippen molar-refractivity contribution in [2.45, 2.75) is 153 Å². The maximum absolute atomic E-state index is 12.1. The largest absolute Gasteiger partial charge is 0.396 e. The fraction of sp³-hybridized carbons (Fsp3) is 0.233. The van der Waals surface area contributed by atoms with Crippen molar-refractivity contribution in [3.05, 3.63) is 346 Å². The Balaban J connectivity index is 0.524. The number of rotatable bonds is 15. The van der Waals surface area contributed by atoms with Crippen LogP contribution in [0.15, 0.2) is 279 Å². The van der Waals surface area contributed by atoms with E-state index < -0.39 is 10.8 Å². The van der Waals surface area contributed by atoms with Crippen LogP contribution in [-0.2, 0) is 37.9 Å². The molecule has 18 aromatic rings. The Kier molecular flexibility index (Phi) is 16.7. The van der Waals surface area contributed by atoms with E-state index in [0.29, 0.717) is 25.7 Å². The number of benzene rings is 18. The van der Waals surface area contributed by atoms with Crippen molar-refractivity contribution < 1.29 is 20.4 Å². The zero-order valence-corrected chi connectivity index (χ0v) is 73.2. The van der Waals surface area contributed by atoms with Gasteiger partial charge in [-0.2, -0.15) is 0 Å². The van der Waals surface area contributed by atoms with Crippen LogP contribution in [0.5, 0.6) is 0 Å². The first-order valence-corrected chi connectivity index (χ1v) is 45.1. The van der Waals surface area contributed by atoms with Gasteiger partial charge in [-0.25, -0.2) is 0 Å². The Morgan fingerprint density at radius 3 is 0.734 bits per heavy atom. The molecule has 0 spiro atoms. The van der Waals surface area contributed by atoms with Gasteiger partial charge in [0.05, 0.1) is 13.2 Å². The third-order valence-electron chi connectivity index (χ3n) is 31.2. The minimum absolute atomic E-state index is 0.0295. The van der Waals surface area contributed by atoms with Gasteiger partial charge in [0, 0.05) is 40.3 Å². The van der Waals surface area contributed by atoms with Crippen molar-refractivity contribution in [1.82, 2.24) is 0 Å². The molecule has 0 bridgehead atoms. The van der Waals surface area contributed by atoms with Gasteiger partial charge in [-0.1, -0.05) is 301 Å². The van der Waals surface area contributed by atoms with Crippen LogP contribution in [-0.4, -0.2) is 46.9 Å². The summed E-state index contributed by atoms with van der Waals surface area (Å²) in [6, 6.07) is 108. The van der Waals surface area contributed by atoms with Crippen LogP contribution in [0.2, 0.25) is 0 Å². The summed E-state index contributed by atoms with van der Waals surface area (Å²) in [6.45, 7) is 28.0. The first-order chi connectivity index (χ1) is 59.8. The van der Waals surface area contributed by atoms with Gasteiger partial charge in [-0.3, -0.25) is 0 Å². The molecule has 5 aliphatic carbocycles. The molecule has 0 saturated heterocycles. The van der Waals surface area contributed by atoms with E-state index in [2.05, 4.69) is 362 Å². The standard InChI is InChI=1S/C120H104O4/c1-13-118(12)104-58-72(76-28-42-96-94-40-26-74(60-106(94)119(66-123,48-14-50-121)108(96)62-76)70-22-36-88-90-44-30-78(64-102(90)116(8,9)100(88)56-70)86-34-20-68-16-18-80-52-84(114(2,3)4)54-82-32-46-98(86)112(68)110(80)82)24-38-92(104)93-39-25-73(59-105(93)118)77-29-43-97-95-41-27-75(61-107(95)120(67-124,49-15-51-122)109(97)63-77)71-23-37-89-91-45-31-79(65-103(91)117(10,11)101(89)57-71)87-35-21-69-17-19-81-53-85(115(5,6)7)55-83-33-47-99(87)113(69)111(81)83/h16-47,52-65,121-124H,13-15,48-51,66-67H2,1-12H3. The van der Waals surface area contributed by atoms with Crippen LogP contribution in [0.25, 0.3) is 187 Å². The number of fused-ring (bicyclic) bond motifs is 15. The van der Waals surface area contributed by atoms with Crippen molar-refractivity contribution in [3.8, 4) is 122 Å². The summed E-state index contributed by atoms with van der Waals surface area (Å²) in [5, 5.41) is 61.2. The lowest BCUT2D eigenvalue weighted by atomic mass is 9.73. The first-order valence-electron chi connectivity index (χ1n) is 45.1. The molecule has 0 aromatic heterocycles. The molecule has 4 nitrogen and oxygen atoms in total. The van der Waals surface area contributed by atoms with Gasteiger partial charge in [0.25, 0.3) is 0 Å². The molecule has 2 atom stereocenters. The molecule has 0 fully saturated rings. The Morgan fingerprint density at radius 1 is 0.234 bits per heavy atom. The molecule has 18 aromatic carbocycles. The summed E-state index contributed by atoms with van der Waals surface area (Å²) < 4.78 is 0. The van der Waals surface area contributed by atoms with Crippen LogP contribution in [0.3, 0.4) is 0 Å². The molecule has 0 saturated carbocycles. The summed E-state index contributed by atoms with van der Waals surface area (Å²) in [5.74, 6) is 0. The Morgan fingerprint density at radius 2 is 0.460 bits per heavy atom. The van der Waals surface area contributed by atoms with E-state index in [1.54, 1.807) is 0 Å². The average molecular weight is 1610 g/mol. The summed E-state index contributed by atoms with van der Waals surface area (Å²) in [5.41, 5.74) is 39.0. The summed E-state index contributed by atoms with van der Waals surface area (Å²) in [4.78, 5) is 0. The van der Waals surface area contributed by atoms with E-state index in [9.17, 15) is 20.4 Å². The van der Waals surface area contributed by atoms with Crippen LogP contribution in [0.4, 0.5) is 0 Å². The Hall–Kier alpha value is -12.1. The normalized spacial score (nSPS) is 17.9. The van der Waals surface area contributed by atoms with E-state index in [-0.39, 0.29) is 53.5 Å². The molecule has 608 valence electrons. The maximum Gasteiger partial charge on any atom is 0.0569 e. The fourth-order valence-corrected chi connectivity index (χ4v) is 24.0. The molecule has 4 heteroatoms. The molecule has 0 heterocycles. The quantitative estimate of drug-likeness (QED) is 0.0771. The smallest absolute Gasteiger partial charge is 0.0569 e. The lowest BCUT2D eigenvalue weighted by Crippen LogP contribution is -2.30. The molecule has 2 unspecified atom stereocenters. The second-order valence-corrected chi connectivity index (χ2v) is 40.5. The summed E-state index contributed by atoms with van der Waals surface area (Å²) in [7, 11) is 0. The van der Waals surface area contributed by atoms with Gasteiger partial charge in [-0.05, 0) is 357 Å². The lowest BCUT2D eigenvalue weighted by molar-refractivity contribution is 0.197. The zero-order valence-electron chi connectivity index (χ0n) is 73.2. The van der Waals surface area contributed by atoms with Gasteiger partial charge < -0.3 is 20.4 Å². The molecule has 0 amide bonds. The minimum Gasteiger partial charge on any atom is -0.396 e. The number of hydrogen-bond donors (Lipinski definition) is 4. The van der Waals surface area contributed by atoms with E-state index in [0.717, 1.165) is 95.4 Å². The van der Waals surface area contributed by atoms with Gasteiger partial charge in [0.1, 0.15) is 0 Å². The predicted octanol–water partition coefficient (Wildman–Crippen LogP) is 29.5. The highest BCUT2D eigenvalue weighted by Gasteiger charge is 2.47. The highest BCUT2D eigenvalue weighted by atomic mass is 16.3. The van der Waals surface area contributed by atoms with Crippen LogP contribution in [0.1, 0.15) is 182 Å². The Bertz CT molecular complexity index is 7150. The molecule has 5 aliphatic rings. The van der Waals surface area contributed by atoms with Crippen LogP contribution < -0.4 is 0 Å². The highest BCUT2D eigenvalue weighted by molar-refractivity contribution is 6.27. The van der Waals surface area contributed by atoms with E-state index >= 15 is 0 Å². The van der Waals surface area contributed by atoms with Gasteiger partial charge in [-0.15, -0.1) is 0 Å². The molecule has 0 aliphatic heterocycles. The molecule has 4 N–H and O–H groups in total. The van der Waals surface area contributed by atoms with Gasteiger partial charge in [0.2, 0.25) is 0 Å². The van der Waals surface area contributed by atoms with Crippen molar-refractivity contribution in [3.63, 3.8) is 0 Å². The molecular formula is C120H104O4. The maximum atomic E-state index is 12.1. The molecule has 124 heavy (non-hydrogen) atoms. The Labute approximate surface area is 727 Å². The molecular weight excluding hydrogens is 1510 g/mol. The fourth-order valence-electron chi connectivity index (χ4n) is 24.0. The predicted molar refractivity (Wildman–Crippen MR) is 520 cm³/mol. The molecule has 23 rings (SSSR count). The van der Waals surface area contributed by atoms with Crippen LogP contribution in [0, 0.1) is 0 Å². The number of aliphatic hydroxyl groups excluding tert-OH is 4. The second-order valence-electron chi connectivity index (χ2n) is 40.5. The first kappa shape index (κ1) is 76.7. The third kappa shape index (κ3) is 10.8. The SMILES string of the molecule is CCC1(C)c2cc(-c3ccc4c(c3)C(CO)(CCCO)c3cc(-c5ccc6c(c5)C(C)(C)c5cc(-c7ccc8ccc9cc(C(C)(C)C)cc%10ccc7c8c9%10)ccc5-6)ccc3-4)ccc2-c2ccc(-c3ccc4c(c3)C(CO)(CCCO)c3cc(-c5ccc6c(c5)C(C)(C)c5cc(-c7ccc8ccc9cc(C(C)(C)C)cc%10ccc7c8c9%10)ccc5-6)ccc3-4)cc21. The van der Waals surface area contributed by atoms with Crippen LogP contribution >= 0.6 is 0 Å². The van der Waals surface area contributed by atoms with Crippen molar-refractivity contribution in [2.75, 3.05) is 26.4 Å². The highest BCUT2D eigenvalue weighted by Crippen LogP contribution is 2.61. The third-order valence-corrected chi connectivity index (χ3v) is 31.2. The van der Waals surface area contributed by atoms with E-state index in [1.807, 2.05) is 0 Å². The zero-order chi connectivity index (χ0) is 84.9. The van der Waals surface area contributed by atoms with E-state index in [4.69, 9.17) is 0 Å². The lowest BCUT2D eigenvalue weighted by Gasteiger charge is -2.31.